The Morgan fingerprint density at radius 3 is 2.57 bits per heavy atom. The number of hydrogen-bond acceptors (Lipinski definition) is 3. The molecule has 0 spiro atoms. The van der Waals surface area contributed by atoms with Gasteiger partial charge in [0.15, 0.2) is 0 Å². The van der Waals surface area contributed by atoms with Crippen molar-refractivity contribution in [3.63, 3.8) is 0 Å². The summed E-state index contributed by atoms with van der Waals surface area (Å²) < 4.78 is 14.4. The Kier molecular flexibility index (Phi) is 5.59. The number of rotatable bonds is 8. The van der Waals surface area contributed by atoms with Gasteiger partial charge in [0.25, 0.3) is 0 Å². The molecule has 1 aliphatic rings. The standard InChI is InChI=1S/C17H28FN3/c1-5-21(13(2)12-20(3)4)17-9-6-14(10-16(17)18)11-19-15-7-8-15/h6,9-10,13,15,19H,5,7-8,11-12H2,1-4H3. The lowest BCUT2D eigenvalue weighted by molar-refractivity contribution is 0.371. The fraction of sp³-hybridized carbons (Fsp3) is 0.647. The largest absolute Gasteiger partial charge is 0.365 e. The molecule has 0 amide bonds. The first-order valence-corrected chi connectivity index (χ1v) is 7.94. The molecule has 21 heavy (non-hydrogen) atoms. The molecule has 1 N–H and O–H groups in total. The second kappa shape index (κ2) is 7.23. The second-order valence-electron chi connectivity index (χ2n) is 6.34. The van der Waals surface area contributed by atoms with Crippen molar-refractivity contribution in [1.29, 1.82) is 0 Å². The summed E-state index contributed by atoms with van der Waals surface area (Å²) in [7, 11) is 4.10. The van der Waals surface area contributed by atoms with Crippen LogP contribution in [0.3, 0.4) is 0 Å². The van der Waals surface area contributed by atoms with Crippen LogP contribution < -0.4 is 10.2 Å². The Labute approximate surface area is 128 Å². The number of benzene rings is 1. The molecule has 118 valence electrons. The third-order valence-corrected chi connectivity index (χ3v) is 4.00. The minimum absolute atomic E-state index is 0.113. The lowest BCUT2D eigenvalue weighted by atomic mass is 10.1. The number of hydrogen-bond donors (Lipinski definition) is 1. The predicted octanol–water partition coefficient (Wildman–Crippen LogP) is 2.85. The molecule has 0 bridgehead atoms. The van der Waals surface area contributed by atoms with Gasteiger partial charge in [0.1, 0.15) is 5.82 Å². The normalized spacial score (nSPS) is 16.3. The molecule has 0 saturated heterocycles. The van der Waals surface area contributed by atoms with E-state index < -0.39 is 0 Å². The highest BCUT2D eigenvalue weighted by Crippen LogP contribution is 2.24. The fourth-order valence-corrected chi connectivity index (χ4v) is 2.79. The van der Waals surface area contributed by atoms with Crippen molar-refractivity contribution in [2.24, 2.45) is 0 Å². The molecule has 0 aromatic heterocycles. The Balaban J connectivity index is 2.05. The lowest BCUT2D eigenvalue weighted by Gasteiger charge is -2.32. The van der Waals surface area contributed by atoms with E-state index in [0.717, 1.165) is 25.2 Å². The quantitative estimate of drug-likeness (QED) is 0.795. The molecule has 0 radical (unpaired) electrons. The first kappa shape index (κ1) is 16.2. The van der Waals surface area contributed by atoms with E-state index in [-0.39, 0.29) is 11.9 Å². The van der Waals surface area contributed by atoms with Crippen LogP contribution in [-0.4, -0.2) is 44.2 Å². The first-order chi connectivity index (χ1) is 10.0. The van der Waals surface area contributed by atoms with Crippen LogP contribution in [0.2, 0.25) is 0 Å². The Hall–Kier alpha value is -1.13. The topological polar surface area (TPSA) is 18.5 Å². The van der Waals surface area contributed by atoms with Crippen molar-refractivity contribution in [3.8, 4) is 0 Å². The van der Waals surface area contributed by atoms with Gasteiger partial charge in [0.2, 0.25) is 0 Å². The predicted molar refractivity (Wildman–Crippen MR) is 87.3 cm³/mol. The highest BCUT2D eigenvalue weighted by Gasteiger charge is 2.21. The Bertz CT molecular complexity index is 457. The monoisotopic (exact) mass is 293 g/mol. The van der Waals surface area contributed by atoms with Gasteiger partial charge < -0.3 is 15.1 Å². The summed E-state index contributed by atoms with van der Waals surface area (Å²) in [6, 6.07) is 6.58. The summed E-state index contributed by atoms with van der Waals surface area (Å²) in [4.78, 5) is 4.27. The van der Waals surface area contributed by atoms with Gasteiger partial charge in [-0.05, 0) is 58.5 Å². The van der Waals surface area contributed by atoms with E-state index in [2.05, 4.69) is 29.0 Å². The van der Waals surface area contributed by atoms with Crippen LogP contribution in [0.25, 0.3) is 0 Å². The van der Waals surface area contributed by atoms with Gasteiger partial charge in [0.05, 0.1) is 5.69 Å². The van der Waals surface area contributed by atoms with E-state index in [1.165, 1.54) is 12.8 Å². The average Bonchev–Trinajstić information content (AvgIpc) is 3.22. The van der Waals surface area contributed by atoms with Crippen LogP contribution in [0.15, 0.2) is 18.2 Å². The Morgan fingerprint density at radius 1 is 1.33 bits per heavy atom. The number of likely N-dealkylation sites (N-methyl/N-ethyl adjacent to an activating group) is 2. The summed E-state index contributed by atoms with van der Waals surface area (Å²) in [5.41, 5.74) is 1.74. The van der Waals surface area contributed by atoms with E-state index in [4.69, 9.17) is 0 Å². The van der Waals surface area contributed by atoms with Gasteiger partial charge in [-0.2, -0.15) is 0 Å². The summed E-state index contributed by atoms with van der Waals surface area (Å²) in [5.74, 6) is -0.113. The van der Waals surface area contributed by atoms with Gasteiger partial charge >= 0.3 is 0 Å². The van der Waals surface area contributed by atoms with Crippen LogP contribution >= 0.6 is 0 Å². The van der Waals surface area contributed by atoms with Gasteiger partial charge in [-0.3, -0.25) is 0 Å². The van der Waals surface area contributed by atoms with Gasteiger partial charge in [-0.15, -0.1) is 0 Å². The van der Waals surface area contributed by atoms with Crippen molar-refractivity contribution < 1.29 is 4.39 Å². The fourth-order valence-electron chi connectivity index (χ4n) is 2.79. The van der Waals surface area contributed by atoms with E-state index in [0.29, 0.717) is 11.7 Å². The zero-order valence-electron chi connectivity index (χ0n) is 13.7. The molecular formula is C17H28FN3. The molecule has 1 fully saturated rings. The maximum atomic E-state index is 14.4. The zero-order valence-corrected chi connectivity index (χ0v) is 13.7. The van der Waals surface area contributed by atoms with Crippen LogP contribution in [0, 0.1) is 5.82 Å². The molecule has 2 rings (SSSR count). The highest BCUT2D eigenvalue weighted by molar-refractivity contribution is 5.50. The van der Waals surface area contributed by atoms with E-state index in [1.807, 2.05) is 26.2 Å². The van der Waals surface area contributed by atoms with Crippen molar-refractivity contribution >= 4 is 5.69 Å². The number of halogens is 1. The van der Waals surface area contributed by atoms with E-state index in [9.17, 15) is 4.39 Å². The minimum atomic E-state index is -0.113. The van der Waals surface area contributed by atoms with Crippen molar-refractivity contribution in [3.05, 3.63) is 29.6 Å². The summed E-state index contributed by atoms with van der Waals surface area (Å²) in [6.45, 7) is 6.71. The molecule has 4 heteroatoms. The van der Waals surface area contributed by atoms with E-state index >= 15 is 0 Å². The molecule has 3 nitrogen and oxygen atoms in total. The maximum absolute atomic E-state index is 14.4. The molecular weight excluding hydrogens is 265 g/mol. The van der Waals surface area contributed by atoms with Gasteiger partial charge in [0, 0.05) is 31.7 Å². The molecule has 0 aliphatic heterocycles. The van der Waals surface area contributed by atoms with Crippen LogP contribution in [-0.2, 0) is 6.54 Å². The number of nitrogens with one attached hydrogen (secondary N) is 1. The molecule has 1 aromatic carbocycles. The third kappa shape index (κ3) is 4.68. The average molecular weight is 293 g/mol. The van der Waals surface area contributed by atoms with Crippen molar-refractivity contribution in [2.75, 3.05) is 32.1 Å². The number of anilines is 1. The maximum Gasteiger partial charge on any atom is 0.146 e. The van der Waals surface area contributed by atoms with Crippen LogP contribution in [0.5, 0.6) is 0 Å². The first-order valence-electron chi connectivity index (χ1n) is 7.94. The minimum Gasteiger partial charge on any atom is -0.365 e. The molecule has 1 atom stereocenters. The molecule has 1 saturated carbocycles. The van der Waals surface area contributed by atoms with Crippen LogP contribution in [0.1, 0.15) is 32.3 Å². The molecule has 0 heterocycles. The SMILES string of the molecule is CCN(c1ccc(CNC2CC2)cc1F)C(C)CN(C)C. The molecule has 1 aliphatic carbocycles. The molecule has 1 unspecified atom stereocenters. The smallest absolute Gasteiger partial charge is 0.146 e. The summed E-state index contributed by atoms with van der Waals surface area (Å²) in [6.07, 6.45) is 2.51. The highest BCUT2D eigenvalue weighted by atomic mass is 19.1. The van der Waals surface area contributed by atoms with Crippen LogP contribution in [0.4, 0.5) is 10.1 Å². The van der Waals surface area contributed by atoms with Crippen molar-refractivity contribution in [2.45, 2.75) is 45.3 Å². The zero-order chi connectivity index (χ0) is 15.4. The summed E-state index contributed by atoms with van der Waals surface area (Å²) >= 11 is 0. The third-order valence-electron chi connectivity index (χ3n) is 4.00. The van der Waals surface area contributed by atoms with E-state index in [1.54, 1.807) is 6.07 Å². The lowest BCUT2D eigenvalue weighted by Crippen LogP contribution is -2.40. The molecule has 1 aromatic rings. The Morgan fingerprint density at radius 2 is 2.05 bits per heavy atom. The number of nitrogens with zero attached hydrogens (tertiary/aromatic N) is 2. The van der Waals surface area contributed by atoms with Gasteiger partial charge in [-0.1, -0.05) is 6.07 Å². The summed E-state index contributed by atoms with van der Waals surface area (Å²) in [5, 5.41) is 3.42. The van der Waals surface area contributed by atoms with Crippen molar-refractivity contribution in [1.82, 2.24) is 10.2 Å². The second-order valence-corrected chi connectivity index (χ2v) is 6.34. The van der Waals surface area contributed by atoms with Gasteiger partial charge in [-0.25, -0.2) is 4.39 Å².